The Bertz CT molecular complexity index is 923. The van der Waals surface area contributed by atoms with Gasteiger partial charge in [0.25, 0.3) is 5.56 Å². The molecule has 0 saturated carbocycles. The summed E-state index contributed by atoms with van der Waals surface area (Å²) in [6.07, 6.45) is 1.85. The summed E-state index contributed by atoms with van der Waals surface area (Å²) in [5, 5.41) is 0.815. The molecule has 0 bridgehead atoms. The Hall–Kier alpha value is -2.15. The van der Waals surface area contributed by atoms with Crippen molar-refractivity contribution in [1.29, 1.82) is 0 Å². The van der Waals surface area contributed by atoms with Gasteiger partial charge in [0.2, 0.25) is 5.88 Å². The molecule has 3 aromatic heterocycles. The first-order chi connectivity index (χ1) is 10.2. The molecule has 3 rings (SSSR count). The molecule has 0 aliphatic heterocycles. The van der Waals surface area contributed by atoms with E-state index in [0.29, 0.717) is 27.5 Å². The molecular weight excluding hydrogens is 290 g/mol. The van der Waals surface area contributed by atoms with Crippen LogP contribution >= 0.6 is 11.3 Å². The van der Waals surface area contributed by atoms with Crippen LogP contribution in [0.15, 0.2) is 21.7 Å². The van der Waals surface area contributed by atoms with E-state index in [9.17, 15) is 9.59 Å². The molecule has 0 amide bonds. The zero-order chi connectivity index (χ0) is 15.0. The smallest absolute Gasteiger partial charge is 0.328 e. The monoisotopic (exact) mass is 305 g/mol. The van der Waals surface area contributed by atoms with Crippen LogP contribution in [0.4, 0.5) is 0 Å². The molecule has 1 N–H and O–H groups in total. The number of hydrogen-bond acceptors (Lipinski definition) is 5. The third-order valence-electron chi connectivity index (χ3n) is 3.39. The molecule has 0 aliphatic rings. The second-order valence-electron chi connectivity index (χ2n) is 4.75. The van der Waals surface area contributed by atoms with Crippen molar-refractivity contribution in [1.82, 2.24) is 14.5 Å². The predicted octanol–water partition coefficient (Wildman–Crippen LogP) is 2.11. The fraction of sp³-hybridized carbons (Fsp3) is 0.357. The quantitative estimate of drug-likeness (QED) is 0.801. The number of aromatic amines is 1. The fourth-order valence-corrected chi connectivity index (χ4v) is 3.40. The van der Waals surface area contributed by atoms with Crippen LogP contribution in [0, 0.1) is 0 Å². The average molecular weight is 305 g/mol. The van der Waals surface area contributed by atoms with Crippen LogP contribution in [0.5, 0.6) is 5.88 Å². The van der Waals surface area contributed by atoms with Crippen molar-refractivity contribution in [2.75, 3.05) is 7.11 Å². The lowest BCUT2D eigenvalue weighted by Crippen LogP contribution is -2.29. The van der Waals surface area contributed by atoms with Gasteiger partial charge in [-0.1, -0.05) is 13.3 Å². The van der Waals surface area contributed by atoms with Crippen LogP contribution in [-0.4, -0.2) is 21.6 Å². The molecule has 3 heterocycles. The van der Waals surface area contributed by atoms with Crippen molar-refractivity contribution in [3.8, 4) is 5.88 Å². The number of aromatic nitrogens is 3. The van der Waals surface area contributed by atoms with Gasteiger partial charge in [-0.15, -0.1) is 11.3 Å². The Labute approximate surface area is 124 Å². The van der Waals surface area contributed by atoms with Gasteiger partial charge >= 0.3 is 5.69 Å². The zero-order valence-corrected chi connectivity index (χ0v) is 12.6. The molecule has 0 atom stereocenters. The van der Waals surface area contributed by atoms with E-state index in [0.717, 1.165) is 18.2 Å². The molecule has 0 spiro atoms. The van der Waals surface area contributed by atoms with Gasteiger partial charge in [-0.25, -0.2) is 9.78 Å². The summed E-state index contributed by atoms with van der Waals surface area (Å²) >= 11 is 1.28. The van der Waals surface area contributed by atoms with E-state index in [1.807, 2.05) is 6.07 Å². The second kappa shape index (κ2) is 5.33. The van der Waals surface area contributed by atoms with Crippen molar-refractivity contribution in [2.45, 2.75) is 26.3 Å². The predicted molar refractivity (Wildman–Crippen MR) is 83.5 cm³/mol. The Kier molecular flexibility index (Phi) is 3.50. The topological polar surface area (TPSA) is 77.0 Å². The molecule has 0 saturated heterocycles. The van der Waals surface area contributed by atoms with Gasteiger partial charge in [0.05, 0.1) is 12.6 Å². The number of ether oxygens (including phenoxy) is 1. The maximum atomic E-state index is 12.1. The fourth-order valence-electron chi connectivity index (χ4n) is 2.34. The maximum absolute atomic E-state index is 12.1. The molecule has 110 valence electrons. The van der Waals surface area contributed by atoms with Crippen LogP contribution in [0.25, 0.3) is 20.4 Å². The molecular formula is C14H15N3O3S. The van der Waals surface area contributed by atoms with E-state index in [4.69, 9.17) is 4.74 Å². The van der Waals surface area contributed by atoms with Crippen molar-refractivity contribution < 1.29 is 4.74 Å². The number of aryl methyl sites for hydroxylation is 1. The number of pyridine rings is 1. The summed E-state index contributed by atoms with van der Waals surface area (Å²) in [6, 6.07) is 3.59. The first-order valence-electron chi connectivity index (χ1n) is 6.76. The Morgan fingerprint density at radius 3 is 2.90 bits per heavy atom. The largest absolute Gasteiger partial charge is 0.481 e. The number of unbranched alkanes of at least 4 members (excludes halogenated alkanes) is 1. The molecule has 3 aromatic rings. The molecule has 6 nitrogen and oxygen atoms in total. The number of hydrogen-bond donors (Lipinski definition) is 1. The number of nitrogens with one attached hydrogen (secondary N) is 1. The molecule has 0 fully saturated rings. The number of thiophene rings is 1. The van der Waals surface area contributed by atoms with Gasteiger partial charge in [-0.2, -0.15) is 0 Å². The second-order valence-corrected chi connectivity index (χ2v) is 5.75. The highest BCUT2D eigenvalue weighted by molar-refractivity contribution is 7.25. The minimum atomic E-state index is -0.364. The van der Waals surface area contributed by atoms with Gasteiger partial charge in [0.1, 0.15) is 9.53 Å². The van der Waals surface area contributed by atoms with Crippen molar-refractivity contribution in [3.05, 3.63) is 33.0 Å². The van der Waals surface area contributed by atoms with E-state index in [2.05, 4.69) is 16.9 Å². The third-order valence-corrected chi connectivity index (χ3v) is 4.48. The van der Waals surface area contributed by atoms with Crippen molar-refractivity contribution >= 4 is 31.8 Å². The molecule has 21 heavy (non-hydrogen) atoms. The minimum absolute atomic E-state index is 0.357. The molecule has 0 aromatic carbocycles. The highest BCUT2D eigenvalue weighted by Crippen LogP contribution is 2.31. The minimum Gasteiger partial charge on any atom is -0.481 e. The van der Waals surface area contributed by atoms with Crippen LogP contribution in [-0.2, 0) is 6.54 Å². The first-order valence-corrected chi connectivity index (χ1v) is 7.57. The molecule has 0 unspecified atom stereocenters. The number of rotatable bonds is 4. The van der Waals surface area contributed by atoms with Crippen LogP contribution < -0.4 is 16.0 Å². The normalized spacial score (nSPS) is 11.3. The third kappa shape index (κ3) is 2.23. The summed E-state index contributed by atoms with van der Waals surface area (Å²) in [6.45, 7) is 2.65. The molecule has 0 aliphatic carbocycles. The van der Waals surface area contributed by atoms with Gasteiger partial charge in [0, 0.05) is 18.0 Å². The number of nitrogens with zero attached hydrogens (tertiary/aromatic N) is 2. The number of fused-ring (bicyclic) bond motifs is 3. The Morgan fingerprint density at radius 1 is 1.38 bits per heavy atom. The highest BCUT2D eigenvalue weighted by Gasteiger charge is 2.15. The van der Waals surface area contributed by atoms with Crippen LogP contribution in [0.3, 0.4) is 0 Å². The lowest BCUT2D eigenvalue weighted by Gasteiger charge is -2.06. The molecule has 7 heteroatoms. The zero-order valence-electron chi connectivity index (χ0n) is 11.8. The number of H-pyrrole nitrogens is 1. The van der Waals surface area contributed by atoms with Crippen LogP contribution in [0.2, 0.25) is 0 Å². The van der Waals surface area contributed by atoms with E-state index in [1.54, 1.807) is 17.7 Å². The summed E-state index contributed by atoms with van der Waals surface area (Å²) in [5.74, 6) is 0.493. The highest BCUT2D eigenvalue weighted by atomic mass is 32.1. The summed E-state index contributed by atoms with van der Waals surface area (Å²) in [4.78, 5) is 31.6. The van der Waals surface area contributed by atoms with Gasteiger partial charge < -0.3 is 4.74 Å². The average Bonchev–Trinajstić information content (AvgIpc) is 2.86. The van der Waals surface area contributed by atoms with Gasteiger partial charge in [-0.05, 0) is 12.5 Å². The lowest BCUT2D eigenvalue weighted by molar-refractivity contribution is 0.400. The lowest BCUT2D eigenvalue weighted by atomic mass is 10.2. The SMILES string of the molecule is CCCCn1c(=O)[nH]c(=O)c2sc3nc(OC)ccc3c21. The van der Waals surface area contributed by atoms with E-state index < -0.39 is 0 Å². The Morgan fingerprint density at radius 2 is 2.19 bits per heavy atom. The van der Waals surface area contributed by atoms with E-state index in [-0.39, 0.29) is 11.2 Å². The van der Waals surface area contributed by atoms with Crippen molar-refractivity contribution in [2.24, 2.45) is 0 Å². The summed E-state index contributed by atoms with van der Waals surface area (Å²) in [7, 11) is 1.55. The first kappa shape index (κ1) is 13.8. The Balaban J connectivity index is 2.40. The van der Waals surface area contributed by atoms with E-state index in [1.165, 1.54) is 11.3 Å². The van der Waals surface area contributed by atoms with Crippen molar-refractivity contribution in [3.63, 3.8) is 0 Å². The summed E-state index contributed by atoms with van der Waals surface area (Å²) in [5.41, 5.74) is -0.0477. The van der Waals surface area contributed by atoms with Crippen LogP contribution in [0.1, 0.15) is 19.8 Å². The standard InChI is InChI=1S/C14H15N3O3S/c1-3-4-7-17-10-8-5-6-9(20-2)15-13(8)21-11(10)12(18)16-14(17)19/h5-6H,3-4,7H2,1-2H3,(H,16,18,19). The van der Waals surface area contributed by atoms with Gasteiger partial charge in [-0.3, -0.25) is 14.3 Å². The van der Waals surface area contributed by atoms with Gasteiger partial charge in [0.15, 0.2) is 0 Å². The maximum Gasteiger partial charge on any atom is 0.328 e. The molecule has 0 radical (unpaired) electrons. The van der Waals surface area contributed by atoms with E-state index >= 15 is 0 Å². The number of methoxy groups -OCH3 is 1. The summed E-state index contributed by atoms with van der Waals surface area (Å²) < 4.78 is 7.27.